The topological polar surface area (TPSA) is 51.7 Å². The van der Waals surface area contributed by atoms with Crippen LogP contribution in [-0.4, -0.2) is 41.1 Å². The number of amides is 1. The van der Waals surface area contributed by atoms with Gasteiger partial charge in [0.05, 0.1) is 29.5 Å². The summed E-state index contributed by atoms with van der Waals surface area (Å²) in [6, 6.07) is 7.42. The van der Waals surface area contributed by atoms with E-state index in [1.807, 2.05) is 49.3 Å². The molecular formula is C18H22N2O3S. The van der Waals surface area contributed by atoms with E-state index in [1.54, 1.807) is 17.4 Å². The lowest BCUT2D eigenvalue weighted by atomic mass is 10.1. The predicted molar refractivity (Wildman–Crippen MR) is 93.5 cm³/mol. The van der Waals surface area contributed by atoms with Crippen molar-refractivity contribution in [3.8, 4) is 5.75 Å². The zero-order chi connectivity index (χ0) is 17.1. The van der Waals surface area contributed by atoms with Gasteiger partial charge in [-0.25, -0.2) is 4.98 Å². The maximum absolute atomic E-state index is 12.8. The summed E-state index contributed by atoms with van der Waals surface area (Å²) in [5.74, 6) is 0.702. The summed E-state index contributed by atoms with van der Waals surface area (Å²) < 4.78 is 11.4. The zero-order valence-electron chi connectivity index (χ0n) is 14.2. The van der Waals surface area contributed by atoms with E-state index in [-0.39, 0.29) is 18.1 Å². The zero-order valence-corrected chi connectivity index (χ0v) is 15.0. The number of hydrogen-bond donors (Lipinski definition) is 0. The first-order valence-corrected chi connectivity index (χ1v) is 8.97. The number of aromatic nitrogens is 1. The summed E-state index contributed by atoms with van der Waals surface area (Å²) in [6.45, 7) is 7.57. The van der Waals surface area contributed by atoms with Crippen molar-refractivity contribution in [2.45, 2.75) is 39.5 Å². The summed E-state index contributed by atoms with van der Waals surface area (Å²) in [5.41, 5.74) is 1.55. The van der Waals surface area contributed by atoms with Gasteiger partial charge in [0.1, 0.15) is 12.4 Å². The van der Waals surface area contributed by atoms with Crippen LogP contribution in [0.5, 0.6) is 5.75 Å². The molecule has 2 aromatic rings. The third-order valence-electron chi connectivity index (χ3n) is 4.00. The number of carbonyl (C=O) groups is 1. The Morgan fingerprint density at radius 2 is 2.29 bits per heavy atom. The molecule has 0 bridgehead atoms. The van der Waals surface area contributed by atoms with Crippen molar-refractivity contribution in [2.75, 3.05) is 13.2 Å². The fraction of sp³-hybridized carbons (Fsp3) is 0.444. The lowest BCUT2D eigenvalue weighted by Gasteiger charge is -2.36. The van der Waals surface area contributed by atoms with Crippen molar-refractivity contribution in [3.05, 3.63) is 45.9 Å². The summed E-state index contributed by atoms with van der Waals surface area (Å²) in [7, 11) is 0. The number of rotatable bonds is 4. The van der Waals surface area contributed by atoms with Crippen LogP contribution in [0.1, 0.15) is 34.9 Å². The molecule has 2 atom stereocenters. The van der Waals surface area contributed by atoms with Crippen LogP contribution >= 0.6 is 11.3 Å². The minimum absolute atomic E-state index is 0.0209. The fourth-order valence-corrected chi connectivity index (χ4v) is 3.30. The van der Waals surface area contributed by atoms with Crippen LogP contribution in [-0.2, 0) is 11.3 Å². The molecule has 24 heavy (non-hydrogen) atoms. The first-order valence-electron chi connectivity index (χ1n) is 8.09. The van der Waals surface area contributed by atoms with E-state index in [4.69, 9.17) is 9.47 Å². The van der Waals surface area contributed by atoms with Crippen LogP contribution in [0, 0.1) is 6.92 Å². The molecule has 1 aliphatic heterocycles. The second-order valence-electron chi connectivity index (χ2n) is 6.12. The molecule has 5 nitrogen and oxygen atoms in total. The third-order valence-corrected chi connectivity index (χ3v) is 4.83. The molecule has 1 aliphatic rings. The Morgan fingerprint density at radius 1 is 1.46 bits per heavy atom. The largest absolute Gasteiger partial charge is 0.487 e. The minimum atomic E-state index is 0.0209. The van der Waals surface area contributed by atoms with Crippen molar-refractivity contribution < 1.29 is 14.3 Å². The first kappa shape index (κ1) is 16.9. The lowest BCUT2D eigenvalue weighted by molar-refractivity contribution is -0.0387. The Balaban J connectivity index is 1.68. The molecule has 2 unspecified atom stereocenters. The number of thiazole rings is 1. The van der Waals surface area contributed by atoms with Crippen LogP contribution in [0.3, 0.4) is 0 Å². The number of hydrogen-bond acceptors (Lipinski definition) is 5. The van der Waals surface area contributed by atoms with Crippen LogP contribution in [0.15, 0.2) is 29.6 Å². The van der Waals surface area contributed by atoms with E-state index in [1.165, 1.54) is 0 Å². The number of ether oxygens (including phenoxy) is 2. The van der Waals surface area contributed by atoms with Gasteiger partial charge in [-0.15, -0.1) is 11.3 Å². The number of benzene rings is 1. The second kappa shape index (κ2) is 7.32. The van der Waals surface area contributed by atoms with Crippen molar-refractivity contribution in [3.63, 3.8) is 0 Å². The number of morpholine rings is 1. The van der Waals surface area contributed by atoms with Gasteiger partial charge in [0, 0.05) is 17.5 Å². The average Bonchev–Trinajstić information content (AvgIpc) is 3.00. The third kappa shape index (κ3) is 3.94. The van der Waals surface area contributed by atoms with Crippen LogP contribution in [0.4, 0.5) is 0 Å². The van der Waals surface area contributed by atoms with Crippen molar-refractivity contribution in [2.24, 2.45) is 0 Å². The highest BCUT2D eigenvalue weighted by Gasteiger charge is 2.28. The van der Waals surface area contributed by atoms with E-state index in [9.17, 15) is 4.79 Å². The Kier molecular flexibility index (Phi) is 5.16. The maximum Gasteiger partial charge on any atom is 0.254 e. The molecule has 128 valence electrons. The van der Waals surface area contributed by atoms with Crippen molar-refractivity contribution in [1.29, 1.82) is 0 Å². The van der Waals surface area contributed by atoms with E-state index >= 15 is 0 Å². The maximum atomic E-state index is 12.8. The van der Waals surface area contributed by atoms with E-state index < -0.39 is 0 Å². The molecule has 6 heteroatoms. The van der Waals surface area contributed by atoms with Crippen molar-refractivity contribution >= 4 is 17.2 Å². The smallest absolute Gasteiger partial charge is 0.254 e. The molecule has 0 aliphatic carbocycles. The molecule has 0 saturated carbocycles. The van der Waals surface area contributed by atoms with Crippen LogP contribution in [0.2, 0.25) is 0 Å². The predicted octanol–water partition coefficient (Wildman–Crippen LogP) is 3.28. The quantitative estimate of drug-likeness (QED) is 0.852. The van der Waals surface area contributed by atoms with Gasteiger partial charge in [0.15, 0.2) is 0 Å². The number of nitrogens with zero attached hydrogens (tertiary/aromatic N) is 2. The van der Waals surface area contributed by atoms with E-state index in [2.05, 4.69) is 4.98 Å². The molecule has 3 rings (SSSR count). The van der Waals surface area contributed by atoms with Gasteiger partial charge in [-0.2, -0.15) is 0 Å². The molecule has 1 aromatic carbocycles. The lowest BCUT2D eigenvalue weighted by Crippen LogP contribution is -2.50. The molecule has 1 saturated heterocycles. The normalized spacial score (nSPS) is 20.9. The summed E-state index contributed by atoms with van der Waals surface area (Å²) in [6.07, 6.45) is 0.0671. The molecule has 1 amide bonds. The molecule has 1 aromatic heterocycles. The van der Waals surface area contributed by atoms with Crippen LogP contribution < -0.4 is 4.74 Å². The van der Waals surface area contributed by atoms with E-state index in [0.29, 0.717) is 31.1 Å². The Labute approximate surface area is 146 Å². The Bertz CT molecular complexity index is 716. The SMILES string of the molecule is Cc1nc(COc2cccc(C(=O)N3CC(C)OCC3C)c2)cs1. The average molecular weight is 346 g/mol. The van der Waals surface area contributed by atoms with Gasteiger partial charge in [-0.3, -0.25) is 4.79 Å². The molecular weight excluding hydrogens is 324 g/mol. The standard InChI is InChI=1S/C18H22N2O3S/c1-12-9-22-13(2)8-20(12)18(21)15-5-4-6-17(7-15)23-10-16-11-24-14(3)19-16/h4-7,11-13H,8-10H2,1-3H3. The van der Waals surface area contributed by atoms with Crippen LogP contribution in [0.25, 0.3) is 0 Å². The summed E-state index contributed by atoms with van der Waals surface area (Å²) in [4.78, 5) is 19.0. The molecule has 0 N–H and O–H groups in total. The molecule has 1 fully saturated rings. The van der Waals surface area contributed by atoms with Gasteiger partial charge >= 0.3 is 0 Å². The Hall–Kier alpha value is -1.92. The van der Waals surface area contributed by atoms with Gasteiger partial charge in [-0.05, 0) is 39.0 Å². The van der Waals surface area contributed by atoms with Gasteiger partial charge in [-0.1, -0.05) is 6.07 Å². The monoisotopic (exact) mass is 346 g/mol. The number of carbonyl (C=O) groups excluding carboxylic acids is 1. The molecule has 0 radical (unpaired) electrons. The van der Waals surface area contributed by atoms with E-state index in [0.717, 1.165) is 10.7 Å². The first-order chi connectivity index (χ1) is 11.5. The summed E-state index contributed by atoms with van der Waals surface area (Å²) in [5, 5.41) is 3.01. The highest BCUT2D eigenvalue weighted by molar-refractivity contribution is 7.09. The van der Waals surface area contributed by atoms with Crippen molar-refractivity contribution in [1.82, 2.24) is 9.88 Å². The second-order valence-corrected chi connectivity index (χ2v) is 7.19. The summed E-state index contributed by atoms with van der Waals surface area (Å²) >= 11 is 1.60. The molecule has 2 heterocycles. The minimum Gasteiger partial charge on any atom is -0.487 e. The number of aryl methyl sites for hydroxylation is 1. The van der Waals surface area contributed by atoms with Gasteiger partial charge in [0.25, 0.3) is 5.91 Å². The fourth-order valence-electron chi connectivity index (χ4n) is 2.70. The molecule has 0 spiro atoms. The van der Waals surface area contributed by atoms with Gasteiger partial charge in [0.2, 0.25) is 0 Å². The van der Waals surface area contributed by atoms with Gasteiger partial charge < -0.3 is 14.4 Å². The Morgan fingerprint density at radius 3 is 3.04 bits per heavy atom. The highest BCUT2D eigenvalue weighted by atomic mass is 32.1. The highest BCUT2D eigenvalue weighted by Crippen LogP contribution is 2.20.